The van der Waals surface area contributed by atoms with Crippen LogP contribution in [0.3, 0.4) is 0 Å². The summed E-state index contributed by atoms with van der Waals surface area (Å²) in [6.07, 6.45) is 0. The molecular weight excluding hydrogens is 290 g/mol. The number of rotatable bonds is 6. The highest BCUT2D eigenvalue weighted by molar-refractivity contribution is 5.59. The summed E-state index contributed by atoms with van der Waals surface area (Å²) in [6, 6.07) is 17.7. The monoisotopic (exact) mass is 309 g/mol. The third-order valence-corrected chi connectivity index (χ3v) is 3.63. The van der Waals surface area contributed by atoms with Gasteiger partial charge in [0.2, 0.25) is 0 Å². The molecule has 3 aromatic rings. The average Bonchev–Trinajstić information content (AvgIpc) is 3.09. The first kappa shape index (κ1) is 15.1. The molecule has 1 aromatic heterocycles. The molecule has 2 aromatic carbocycles. The Labute approximate surface area is 134 Å². The fourth-order valence-corrected chi connectivity index (χ4v) is 2.42. The maximum Gasteiger partial charge on any atom is 0.124 e. The van der Waals surface area contributed by atoms with Crippen LogP contribution in [-0.4, -0.2) is 22.4 Å². The lowest BCUT2D eigenvalue weighted by Gasteiger charge is -2.10. The Morgan fingerprint density at radius 3 is 2.70 bits per heavy atom. The molecule has 23 heavy (non-hydrogen) atoms. The van der Waals surface area contributed by atoms with Crippen molar-refractivity contribution in [3.63, 3.8) is 0 Å². The summed E-state index contributed by atoms with van der Waals surface area (Å²) in [7, 11) is 1.59. The molecule has 0 spiro atoms. The van der Waals surface area contributed by atoms with E-state index in [1.165, 1.54) is 0 Å². The van der Waals surface area contributed by atoms with Crippen LogP contribution >= 0.6 is 0 Å². The molecule has 5 nitrogen and oxygen atoms in total. The van der Waals surface area contributed by atoms with Gasteiger partial charge in [0.25, 0.3) is 0 Å². The number of aromatic amines is 1. The second kappa shape index (κ2) is 6.98. The average molecular weight is 309 g/mol. The number of ether oxygens (including phenoxy) is 1. The van der Waals surface area contributed by atoms with E-state index in [4.69, 9.17) is 4.74 Å². The zero-order valence-corrected chi connectivity index (χ0v) is 12.9. The van der Waals surface area contributed by atoms with Gasteiger partial charge in [0.05, 0.1) is 31.6 Å². The molecule has 118 valence electrons. The van der Waals surface area contributed by atoms with Crippen LogP contribution in [0.2, 0.25) is 0 Å². The van der Waals surface area contributed by atoms with Crippen molar-refractivity contribution in [3.8, 4) is 17.0 Å². The molecule has 0 unspecified atom stereocenters. The van der Waals surface area contributed by atoms with E-state index in [1.807, 2.05) is 54.6 Å². The topological polar surface area (TPSA) is 70.2 Å². The Hall–Kier alpha value is -2.79. The van der Waals surface area contributed by atoms with Crippen molar-refractivity contribution < 1.29 is 9.84 Å². The largest absolute Gasteiger partial charge is 0.496 e. The van der Waals surface area contributed by atoms with E-state index >= 15 is 0 Å². The second-order valence-electron chi connectivity index (χ2n) is 5.18. The first-order valence-electron chi connectivity index (χ1n) is 7.41. The Kier molecular flexibility index (Phi) is 4.59. The molecule has 0 bridgehead atoms. The minimum absolute atomic E-state index is 0.0547. The van der Waals surface area contributed by atoms with Crippen LogP contribution in [0.4, 0.5) is 5.69 Å². The van der Waals surface area contributed by atoms with Crippen molar-refractivity contribution in [2.75, 3.05) is 12.4 Å². The number of aliphatic hydroxyl groups excluding tert-OH is 1. The van der Waals surface area contributed by atoms with E-state index in [9.17, 15) is 5.11 Å². The number of aliphatic hydroxyl groups is 1. The number of hydrogen-bond donors (Lipinski definition) is 3. The van der Waals surface area contributed by atoms with Crippen LogP contribution in [0.1, 0.15) is 11.3 Å². The van der Waals surface area contributed by atoms with Gasteiger partial charge >= 0.3 is 0 Å². The fraction of sp³-hybridized carbons (Fsp3) is 0.167. The smallest absolute Gasteiger partial charge is 0.124 e. The SMILES string of the molecule is COc1ccc(NCc2cc(-c3ccccc3)n[nH]2)cc1CO. The van der Waals surface area contributed by atoms with Gasteiger partial charge in [0, 0.05) is 16.8 Å². The van der Waals surface area contributed by atoms with Crippen molar-refractivity contribution in [1.29, 1.82) is 0 Å². The first-order chi connectivity index (χ1) is 11.3. The maximum atomic E-state index is 9.36. The molecular formula is C18H19N3O2. The van der Waals surface area contributed by atoms with Crippen molar-refractivity contribution in [3.05, 3.63) is 65.9 Å². The Balaban J connectivity index is 1.68. The molecule has 3 N–H and O–H groups in total. The summed E-state index contributed by atoms with van der Waals surface area (Å²) in [5, 5.41) is 20.1. The van der Waals surface area contributed by atoms with Gasteiger partial charge in [0.15, 0.2) is 0 Å². The molecule has 0 aliphatic carbocycles. The van der Waals surface area contributed by atoms with Crippen LogP contribution in [-0.2, 0) is 13.2 Å². The summed E-state index contributed by atoms with van der Waals surface area (Å²) < 4.78 is 5.20. The second-order valence-corrected chi connectivity index (χ2v) is 5.18. The molecule has 0 saturated heterocycles. The highest BCUT2D eigenvalue weighted by Crippen LogP contribution is 2.23. The van der Waals surface area contributed by atoms with E-state index in [0.29, 0.717) is 12.3 Å². The van der Waals surface area contributed by atoms with Crippen LogP contribution in [0.15, 0.2) is 54.6 Å². The van der Waals surface area contributed by atoms with Crippen molar-refractivity contribution in [2.24, 2.45) is 0 Å². The Morgan fingerprint density at radius 1 is 1.13 bits per heavy atom. The molecule has 0 fully saturated rings. The minimum atomic E-state index is -0.0547. The van der Waals surface area contributed by atoms with E-state index < -0.39 is 0 Å². The molecule has 0 aliphatic rings. The van der Waals surface area contributed by atoms with Crippen molar-refractivity contribution >= 4 is 5.69 Å². The number of aromatic nitrogens is 2. The van der Waals surface area contributed by atoms with Gasteiger partial charge in [-0.25, -0.2) is 0 Å². The van der Waals surface area contributed by atoms with Gasteiger partial charge in [-0.3, -0.25) is 5.10 Å². The lowest BCUT2D eigenvalue weighted by atomic mass is 10.1. The number of nitrogens with one attached hydrogen (secondary N) is 2. The third kappa shape index (κ3) is 3.52. The molecule has 0 radical (unpaired) electrons. The molecule has 0 atom stereocenters. The third-order valence-electron chi connectivity index (χ3n) is 3.63. The van der Waals surface area contributed by atoms with E-state index in [-0.39, 0.29) is 6.61 Å². The Bertz CT molecular complexity index is 769. The highest BCUT2D eigenvalue weighted by Gasteiger charge is 2.05. The summed E-state index contributed by atoms with van der Waals surface area (Å²) >= 11 is 0. The fourth-order valence-electron chi connectivity index (χ4n) is 2.42. The maximum absolute atomic E-state index is 9.36. The highest BCUT2D eigenvalue weighted by atomic mass is 16.5. The summed E-state index contributed by atoms with van der Waals surface area (Å²) in [6.45, 7) is 0.567. The summed E-state index contributed by atoms with van der Waals surface area (Å²) in [5.41, 5.74) is 4.68. The predicted octanol–water partition coefficient (Wildman–Crippen LogP) is 3.19. The van der Waals surface area contributed by atoms with Gasteiger partial charge in [0.1, 0.15) is 5.75 Å². The van der Waals surface area contributed by atoms with E-state index in [0.717, 1.165) is 28.2 Å². The first-order valence-corrected chi connectivity index (χ1v) is 7.41. The normalized spacial score (nSPS) is 10.5. The van der Waals surface area contributed by atoms with E-state index in [1.54, 1.807) is 7.11 Å². The number of methoxy groups -OCH3 is 1. The van der Waals surface area contributed by atoms with Gasteiger partial charge in [-0.05, 0) is 24.3 Å². The summed E-state index contributed by atoms with van der Waals surface area (Å²) in [5.74, 6) is 0.686. The van der Waals surface area contributed by atoms with Crippen LogP contribution in [0.25, 0.3) is 11.3 Å². The lowest BCUT2D eigenvalue weighted by molar-refractivity contribution is 0.274. The molecule has 0 aliphatic heterocycles. The zero-order valence-electron chi connectivity index (χ0n) is 12.9. The quantitative estimate of drug-likeness (QED) is 0.654. The molecule has 0 saturated carbocycles. The minimum Gasteiger partial charge on any atom is -0.496 e. The van der Waals surface area contributed by atoms with Crippen LogP contribution in [0.5, 0.6) is 5.75 Å². The molecule has 1 heterocycles. The predicted molar refractivity (Wildman–Crippen MR) is 90.3 cm³/mol. The van der Waals surface area contributed by atoms with Crippen molar-refractivity contribution in [2.45, 2.75) is 13.2 Å². The van der Waals surface area contributed by atoms with Crippen molar-refractivity contribution in [1.82, 2.24) is 10.2 Å². The number of hydrogen-bond acceptors (Lipinski definition) is 4. The van der Waals surface area contributed by atoms with Crippen LogP contribution in [0, 0.1) is 0 Å². The number of H-pyrrole nitrogens is 1. The number of nitrogens with zero attached hydrogens (tertiary/aromatic N) is 1. The molecule has 0 amide bonds. The lowest BCUT2D eigenvalue weighted by Crippen LogP contribution is -2.01. The molecule has 3 rings (SSSR count). The Morgan fingerprint density at radius 2 is 1.96 bits per heavy atom. The van der Waals surface area contributed by atoms with Crippen LogP contribution < -0.4 is 10.1 Å². The van der Waals surface area contributed by atoms with Gasteiger partial charge < -0.3 is 15.2 Å². The molecule has 5 heteroatoms. The number of anilines is 1. The van der Waals surface area contributed by atoms with E-state index in [2.05, 4.69) is 15.5 Å². The van der Waals surface area contributed by atoms with Gasteiger partial charge in [-0.2, -0.15) is 5.10 Å². The standard InChI is InChI=1S/C18H19N3O2/c1-23-18-8-7-15(9-14(18)12-22)19-11-16-10-17(21-20-16)13-5-3-2-4-6-13/h2-10,19,22H,11-12H2,1H3,(H,20,21). The number of benzene rings is 2. The zero-order chi connectivity index (χ0) is 16.1. The van der Waals surface area contributed by atoms with Gasteiger partial charge in [-0.15, -0.1) is 0 Å². The van der Waals surface area contributed by atoms with Gasteiger partial charge in [-0.1, -0.05) is 30.3 Å². The summed E-state index contributed by atoms with van der Waals surface area (Å²) in [4.78, 5) is 0.